The van der Waals surface area contributed by atoms with E-state index in [-0.39, 0.29) is 0 Å². The molecule has 44 heavy (non-hydrogen) atoms. The molecule has 0 aromatic rings. The molecule has 8 bridgehead atoms. The van der Waals surface area contributed by atoms with E-state index in [0.29, 0.717) is 0 Å². The van der Waals surface area contributed by atoms with Gasteiger partial charge in [0.1, 0.15) is 97.7 Å². The van der Waals surface area contributed by atoms with E-state index in [1.165, 1.54) is 0 Å². The van der Waals surface area contributed by atoms with Crippen molar-refractivity contribution in [3.63, 3.8) is 0 Å². The highest BCUT2D eigenvalue weighted by Gasteiger charge is 2.54. The first-order valence-corrected chi connectivity index (χ1v) is 14.1. The van der Waals surface area contributed by atoms with Gasteiger partial charge in [0.15, 0.2) is 25.2 Å². The van der Waals surface area contributed by atoms with Gasteiger partial charge in [-0.2, -0.15) is 0 Å². The van der Waals surface area contributed by atoms with Crippen molar-refractivity contribution in [2.75, 3.05) is 26.4 Å². The quantitative estimate of drug-likeness (QED) is 0.132. The zero-order chi connectivity index (χ0) is 32.0. The molecule has 5 fully saturated rings. The molecule has 0 saturated carbocycles. The Kier molecular flexibility index (Phi) is 11.1. The van der Waals surface area contributed by atoms with Crippen molar-refractivity contribution in [3.8, 4) is 0 Å². The predicted molar refractivity (Wildman–Crippen MR) is 131 cm³/mol. The lowest BCUT2D eigenvalue weighted by molar-refractivity contribution is -0.383. The summed E-state index contributed by atoms with van der Waals surface area (Å²) in [5.74, 6) is 0. The summed E-state index contributed by atoms with van der Waals surface area (Å²) in [7, 11) is 0. The van der Waals surface area contributed by atoms with Gasteiger partial charge < -0.3 is 99.2 Å². The maximum Gasteiger partial charge on any atom is 0.187 e. The Morgan fingerprint density at radius 3 is 1.07 bits per heavy atom. The molecule has 256 valence electrons. The van der Waals surface area contributed by atoms with Gasteiger partial charge in [-0.25, -0.2) is 0 Å². The lowest BCUT2D eigenvalue weighted by Gasteiger charge is -2.48. The number of ether oxygens (including phenoxy) is 8. The number of hydrogen-bond donors (Lipinski definition) is 12. The molecule has 0 amide bonds. The van der Waals surface area contributed by atoms with E-state index in [0.717, 1.165) is 0 Å². The van der Waals surface area contributed by atoms with Gasteiger partial charge in [-0.15, -0.1) is 0 Å². The van der Waals surface area contributed by atoms with E-state index in [9.17, 15) is 61.3 Å². The second-order valence-corrected chi connectivity index (χ2v) is 11.3. The van der Waals surface area contributed by atoms with Gasteiger partial charge in [0.25, 0.3) is 0 Å². The Labute approximate surface area is 249 Å². The largest absolute Gasteiger partial charge is 0.394 e. The average molecular weight is 649 g/mol. The van der Waals surface area contributed by atoms with Crippen molar-refractivity contribution < 1.29 is 99.2 Å². The monoisotopic (exact) mass is 648 g/mol. The van der Waals surface area contributed by atoms with E-state index in [1.54, 1.807) is 0 Å². The van der Waals surface area contributed by atoms with Crippen LogP contribution in [0.2, 0.25) is 0 Å². The van der Waals surface area contributed by atoms with Crippen LogP contribution in [0.1, 0.15) is 0 Å². The first-order valence-electron chi connectivity index (χ1n) is 14.1. The Bertz CT molecular complexity index is 860. The molecule has 5 saturated heterocycles. The Morgan fingerprint density at radius 2 is 0.727 bits per heavy atom. The third-order valence-corrected chi connectivity index (χ3v) is 8.41. The molecule has 0 aromatic heterocycles. The first kappa shape index (κ1) is 34.5. The molecule has 20 heteroatoms. The van der Waals surface area contributed by atoms with E-state index < -0.39 is 149 Å². The van der Waals surface area contributed by atoms with Crippen LogP contribution in [0.4, 0.5) is 0 Å². The van der Waals surface area contributed by atoms with Gasteiger partial charge in [-0.05, 0) is 0 Å². The summed E-state index contributed by atoms with van der Waals surface area (Å²) in [6, 6.07) is 0. The molecule has 0 radical (unpaired) electrons. The zero-order valence-electron chi connectivity index (χ0n) is 23.0. The minimum Gasteiger partial charge on any atom is -0.394 e. The molecular weight excluding hydrogens is 608 g/mol. The smallest absolute Gasteiger partial charge is 0.187 e. The standard InChI is InChI=1S/C24H40O20/c25-1-5-11(29)19-17(35)21(39-5)37-3-7-9(27)14(32)16(34)24(42-7)44-20-12(30)6(2-26)40-22(18(20)36)38-4-8-10(28)13(31)15(33)23(41-8)43-19/h5-36H,1-4H2/t5-,6-,7?,8?,9+,10+,11-,12?,13?,14-,15-,16?,17?,18?,19?,20-,21-,22?,23+,24+/m0/s1. The second kappa shape index (κ2) is 14.1. The van der Waals surface area contributed by atoms with Crippen LogP contribution in [0.15, 0.2) is 0 Å². The molecular formula is C24H40O20. The molecule has 5 aliphatic rings. The number of hydrogen-bond acceptors (Lipinski definition) is 20. The van der Waals surface area contributed by atoms with Crippen molar-refractivity contribution in [1.29, 1.82) is 0 Å². The van der Waals surface area contributed by atoms with Crippen LogP contribution in [0.25, 0.3) is 0 Å². The zero-order valence-corrected chi connectivity index (χ0v) is 23.0. The molecule has 5 aliphatic heterocycles. The van der Waals surface area contributed by atoms with Crippen molar-refractivity contribution in [3.05, 3.63) is 0 Å². The maximum absolute atomic E-state index is 11.0. The minimum atomic E-state index is -1.93. The lowest BCUT2D eigenvalue weighted by atomic mass is 9.96. The predicted octanol–water partition coefficient (Wildman–Crippen LogP) is -8.70. The van der Waals surface area contributed by atoms with Crippen LogP contribution in [-0.4, -0.2) is 211 Å². The number of aliphatic hydroxyl groups is 12. The topological polar surface area (TPSA) is 317 Å². The average Bonchev–Trinajstić information content (AvgIpc) is 3.01. The van der Waals surface area contributed by atoms with Gasteiger partial charge in [-0.3, -0.25) is 0 Å². The van der Waals surface area contributed by atoms with Gasteiger partial charge in [0.2, 0.25) is 0 Å². The van der Waals surface area contributed by atoms with Crippen LogP contribution in [0.5, 0.6) is 0 Å². The van der Waals surface area contributed by atoms with Gasteiger partial charge in [0, 0.05) is 0 Å². The first-order chi connectivity index (χ1) is 20.9. The molecule has 20 atom stereocenters. The molecule has 20 nitrogen and oxygen atoms in total. The normalized spacial score (nSPS) is 55.9. The summed E-state index contributed by atoms with van der Waals surface area (Å²) in [4.78, 5) is 0. The highest BCUT2D eigenvalue weighted by Crippen LogP contribution is 2.33. The summed E-state index contributed by atoms with van der Waals surface area (Å²) < 4.78 is 44.3. The Morgan fingerprint density at radius 1 is 0.364 bits per heavy atom. The Balaban J connectivity index is 1.47. The third kappa shape index (κ3) is 6.50. The van der Waals surface area contributed by atoms with Gasteiger partial charge in [-0.1, -0.05) is 0 Å². The van der Waals surface area contributed by atoms with Crippen molar-refractivity contribution >= 4 is 0 Å². The highest BCUT2D eigenvalue weighted by atomic mass is 16.8. The van der Waals surface area contributed by atoms with Crippen LogP contribution in [-0.2, 0) is 37.9 Å². The van der Waals surface area contributed by atoms with E-state index >= 15 is 0 Å². The van der Waals surface area contributed by atoms with E-state index in [2.05, 4.69) is 0 Å². The van der Waals surface area contributed by atoms with E-state index in [4.69, 9.17) is 37.9 Å². The second-order valence-electron chi connectivity index (χ2n) is 11.3. The summed E-state index contributed by atoms with van der Waals surface area (Å²) in [5, 5.41) is 126. The van der Waals surface area contributed by atoms with Crippen molar-refractivity contribution in [1.82, 2.24) is 0 Å². The van der Waals surface area contributed by atoms with Crippen LogP contribution in [0.3, 0.4) is 0 Å². The summed E-state index contributed by atoms with van der Waals surface area (Å²) in [6.07, 6.45) is -34.8. The van der Waals surface area contributed by atoms with Crippen LogP contribution >= 0.6 is 0 Å². The highest BCUT2D eigenvalue weighted by molar-refractivity contribution is 4.97. The minimum absolute atomic E-state index is 0.674. The number of fused-ring (bicyclic) bond motifs is 8. The molecule has 0 spiro atoms. The summed E-state index contributed by atoms with van der Waals surface area (Å²) in [6.45, 7) is -2.95. The fourth-order valence-electron chi connectivity index (χ4n) is 5.73. The fraction of sp³-hybridized carbons (Fsp3) is 1.00. The SMILES string of the molecule is OC[C@@H]1OC2OCC3O[C@H](OC4C(O)[C@@H](OCC5O[C@H](O[C@H](C2O)C1O)C(O)[C@@H](O)[C@@H]5O)O[C@@H](CO)[C@@H]4O)[C@@H](O)C(O)[C@@H]3O. The summed E-state index contributed by atoms with van der Waals surface area (Å²) >= 11 is 0. The van der Waals surface area contributed by atoms with Gasteiger partial charge in [0.05, 0.1) is 26.4 Å². The third-order valence-electron chi connectivity index (χ3n) is 8.41. The number of rotatable bonds is 2. The molecule has 5 rings (SSSR count). The van der Waals surface area contributed by atoms with Crippen LogP contribution < -0.4 is 0 Å². The summed E-state index contributed by atoms with van der Waals surface area (Å²) in [5.41, 5.74) is 0. The molecule has 9 unspecified atom stereocenters. The fourth-order valence-corrected chi connectivity index (χ4v) is 5.73. The number of aliphatic hydroxyl groups excluding tert-OH is 12. The molecule has 0 aliphatic carbocycles. The van der Waals surface area contributed by atoms with E-state index in [1.807, 2.05) is 0 Å². The van der Waals surface area contributed by atoms with Crippen molar-refractivity contribution in [2.24, 2.45) is 0 Å². The lowest BCUT2D eigenvalue weighted by Crippen LogP contribution is -2.67. The molecule has 5 heterocycles. The van der Waals surface area contributed by atoms with Crippen LogP contribution in [0, 0.1) is 0 Å². The maximum atomic E-state index is 11.0. The Hall–Kier alpha value is -0.800. The molecule has 0 aromatic carbocycles. The molecule has 12 N–H and O–H groups in total. The van der Waals surface area contributed by atoms with Crippen molar-refractivity contribution in [2.45, 2.75) is 123 Å². The van der Waals surface area contributed by atoms with Gasteiger partial charge >= 0.3 is 0 Å².